The summed E-state index contributed by atoms with van der Waals surface area (Å²) in [5, 5.41) is 3.68. The lowest BCUT2D eigenvalue weighted by molar-refractivity contribution is 0.0803. The van der Waals surface area contributed by atoms with Gasteiger partial charge < -0.3 is 10.1 Å². The second-order valence-electron chi connectivity index (χ2n) is 5.28. The molecule has 1 saturated heterocycles. The molecule has 2 atom stereocenters. The quantitative estimate of drug-likeness (QED) is 0.749. The summed E-state index contributed by atoms with van der Waals surface area (Å²) in [7, 11) is 1.79. The molecule has 16 heavy (non-hydrogen) atoms. The third kappa shape index (κ3) is 4.40. The van der Waals surface area contributed by atoms with Crippen molar-refractivity contribution in [2.24, 2.45) is 5.92 Å². The smallest absolute Gasteiger partial charge is 0.0589 e. The normalized spacial score (nSPS) is 27.6. The number of rotatable bonds is 6. The van der Waals surface area contributed by atoms with Crippen LogP contribution in [0.3, 0.4) is 0 Å². The SMILES string of the molecule is CCC1CNC(CC(C)C)CN1CCOC. The molecule has 0 radical (unpaired) electrons. The van der Waals surface area contributed by atoms with Gasteiger partial charge >= 0.3 is 0 Å². The van der Waals surface area contributed by atoms with Gasteiger partial charge in [0.25, 0.3) is 0 Å². The number of nitrogens with zero attached hydrogens (tertiary/aromatic N) is 1. The molecule has 0 saturated carbocycles. The fourth-order valence-electron chi connectivity index (χ4n) is 2.54. The third-order valence-corrected chi connectivity index (χ3v) is 3.42. The molecule has 2 unspecified atom stereocenters. The van der Waals surface area contributed by atoms with E-state index in [0.29, 0.717) is 12.1 Å². The maximum atomic E-state index is 5.19. The second kappa shape index (κ2) is 7.25. The van der Waals surface area contributed by atoms with Crippen LogP contribution in [0.1, 0.15) is 33.6 Å². The fraction of sp³-hybridized carbons (Fsp3) is 1.00. The van der Waals surface area contributed by atoms with Crippen molar-refractivity contribution in [2.75, 3.05) is 33.4 Å². The van der Waals surface area contributed by atoms with Gasteiger partial charge in [0.2, 0.25) is 0 Å². The highest BCUT2D eigenvalue weighted by atomic mass is 16.5. The molecular weight excluding hydrogens is 200 g/mol. The van der Waals surface area contributed by atoms with Crippen molar-refractivity contribution < 1.29 is 4.74 Å². The van der Waals surface area contributed by atoms with E-state index in [2.05, 4.69) is 31.0 Å². The van der Waals surface area contributed by atoms with Gasteiger partial charge in [0, 0.05) is 38.8 Å². The van der Waals surface area contributed by atoms with E-state index >= 15 is 0 Å². The van der Waals surface area contributed by atoms with Crippen LogP contribution in [0.5, 0.6) is 0 Å². The van der Waals surface area contributed by atoms with Crippen molar-refractivity contribution in [1.29, 1.82) is 0 Å². The maximum absolute atomic E-state index is 5.19. The van der Waals surface area contributed by atoms with E-state index in [1.807, 2.05) is 0 Å². The van der Waals surface area contributed by atoms with Crippen LogP contribution in [0, 0.1) is 5.92 Å². The van der Waals surface area contributed by atoms with Crippen molar-refractivity contribution in [3.8, 4) is 0 Å². The molecule has 96 valence electrons. The van der Waals surface area contributed by atoms with E-state index in [4.69, 9.17) is 4.74 Å². The number of hydrogen-bond acceptors (Lipinski definition) is 3. The van der Waals surface area contributed by atoms with Crippen LogP contribution in [-0.2, 0) is 4.74 Å². The molecule has 1 aliphatic rings. The fourth-order valence-corrected chi connectivity index (χ4v) is 2.54. The lowest BCUT2D eigenvalue weighted by Crippen LogP contribution is -2.57. The molecule has 1 aliphatic heterocycles. The zero-order valence-electron chi connectivity index (χ0n) is 11.3. The first kappa shape index (κ1) is 13.9. The first-order chi connectivity index (χ1) is 7.67. The predicted octanol–water partition coefficient (Wildman–Crippen LogP) is 1.73. The molecule has 0 aromatic heterocycles. The summed E-state index contributed by atoms with van der Waals surface area (Å²) in [4.78, 5) is 2.59. The van der Waals surface area contributed by atoms with Gasteiger partial charge in [-0.2, -0.15) is 0 Å². The summed E-state index contributed by atoms with van der Waals surface area (Å²) in [6.07, 6.45) is 2.50. The third-order valence-electron chi connectivity index (χ3n) is 3.42. The van der Waals surface area contributed by atoms with Gasteiger partial charge in [-0.3, -0.25) is 4.90 Å². The lowest BCUT2D eigenvalue weighted by atomic mass is 9.99. The average Bonchev–Trinajstić information content (AvgIpc) is 2.25. The lowest BCUT2D eigenvalue weighted by Gasteiger charge is -2.40. The zero-order chi connectivity index (χ0) is 12.0. The van der Waals surface area contributed by atoms with E-state index in [0.717, 1.165) is 25.6 Å². The van der Waals surface area contributed by atoms with E-state index in [1.165, 1.54) is 19.4 Å². The van der Waals surface area contributed by atoms with Gasteiger partial charge in [0.05, 0.1) is 6.61 Å². The second-order valence-corrected chi connectivity index (χ2v) is 5.28. The highest BCUT2D eigenvalue weighted by molar-refractivity contribution is 4.85. The molecule has 1 fully saturated rings. The van der Waals surface area contributed by atoms with Crippen molar-refractivity contribution in [3.63, 3.8) is 0 Å². The number of nitrogens with one attached hydrogen (secondary N) is 1. The zero-order valence-corrected chi connectivity index (χ0v) is 11.3. The topological polar surface area (TPSA) is 24.5 Å². The molecule has 3 heteroatoms. The maximum Gasteiger partial charge on any atom is 0.0589 e. The Morgan fingerprint density at radius 1 is 1.44 bits per heavy atom. The molecule has 0 aromatic carbocycles. The molecule has 1 N–H and O–H groups in total. The Kier molecular flexibility index (Phi) is 6.32. The largest absolute Gasteiger partial charge is 0.383 e. The first-order valence-corrected chi connectivity index (χ1v) is 6.63. The Labute approximate surface area is 101 Å². The van der Waals surface area contributed by atoms with Crippen LogP contribution in [0.15, 0.2) is 0 Å². The van der Waals surface area contributed by atoms with E-state index in [9.17, 15) is 0 Å². The number of methoxy groups -OCH3 is 1. The molecule has 0 bridgehead atoms. The Morgan fingerprint density at radius 2 is 2.19 bits per heavy atom. The molecule has 0 amide bonds. The summed E-state index contributed by atoms with van der Waals surface area (Å²) in [5.41, 5.74) is 0. The summed E-state index contributed by atoms with van der Waals surface area (Å²) >= 11 is 0. The van der Waals surface area contributed by atoms with E-state index in [-0.39, 0.29) is 0 Å². The Morgan fingerprint density at radius 3 is 2.75 bits per heavy atom. The van der Waals surface area contributed by atoms with Crippen LogP contribution in [0.4, 0.5) is 0 Å². The van der Waals surface area contributed by atoms with Crippen molar-refractivity contribution >= 4 is 0 Å². The van der Waals surface area contributed by atoms with Gasteiger partial charge in [-0.25, -0.2) is 0 Å². The molecule has 1 rings (SSSR count). The van der Waals surface area contributed by atoms with Gasteiger partial charge in [-0.05, 0) is 18.8 Å². The molecule has 0 aliphatic carbocycles. The standard InChI is InChI=1S/C13H28N2O/c1-5-13-9-14-12(8-11(2)3)10-15(13)6-7-16-4/h11-14H,5-10H2,1-4H3. The highest BCUT2D eigenvalue weighted by Gasteiger charge is 2.26. The van der Waals surface area contributed by atoms with Crippen molar-refractivity contribution in [3.05, 3.63) is 0 Å². The van der Waals surface area contributed by atoms with Gasteiger partial charge in [0.15, 0.2) is 0 Å². The Hall–Kier alpha value is -0.120. The summed E-state index contributed by atoms with van der Waals surface area (Å²) in [5.74, 6) is 0.778. The highest BCUT2D eigenvalue weighted by Crippen LogP contribution is 2.14. The monoisotopic (exact) mass is 228 g/mol. The van der Waals surface area contributed by atoms with Crippen LogP contribution in [0.25, 0.3) is 0 Å². The Balaban J connectivity index is 2.41. The van der Waals surface area contributed by atoms with Crippen LogP contribution >= 0.6 is 0 Å². The van der Waals surface area contributed by atoms with Gasteiger partial charge in [0.1, 0.15) is 0 Å². The summed E-state index contributed by atoms with van der Waals surface area (Å²) in [6, 6.07) is 1.36. The number of piperazine rings is 1. The minimum atomic E-state index is 0.666. The minimum Gasteiger partial charge on any atom is -0.383 e. The summed E-state index contributed by atoms with van der Waals surface area (Å²) in [6.45, 7) is 11.1. The predicted molar refractivity (Wildman–Crippen MR) is 68.8 cm³/mol. The molecular formula is C13H28N2O. The molecule has 0 aromatic rings. The number of hydrogen-bond donors (Lipinski definition) is 1. The van der Waals surface area contributed by atoms with Crippen LogP contribution in [0.2, 0.25) is 0 Å². The van der Waals surface area contributed by atoms with Crippen LogP contribution < -0.4 is 5.32 Å². The van der Waals surface area contributed by atoms with E-state index in [1.54, 1.807) is 7.11 Å². The van der Waals surface area contributed by atoms with Gasteiger partial charge in [-0.15, -0.1) is 0 Å². The molecule has 3 nitrogen and oxygen atoms in total. The van der Waals surface area contributed by atoms with E-state index < -0.39 is 0 Å². The minimum absolute atomic E-state index is 0.666. The average molecular weight is 228 g/mol. The van der Waals surface area contributed by atoms with Crippen molar-refractivity contribution in [1.82, 2.24) is 10.2 Å². The molecule has 0 spiro atoms. The van der Waals surface area contributed by atoms with Crippen LogP contribution in [-0.4, -0.2) is 50.3 Å². The Bertz CT molecular complexity index is 185. The summed E-state index contributed by atoms with van der Waals surface area (Å²) < 4.78 is 5.19. The van der Waals surface area contributed by atoms with Crippen molar-refractivity contribution in [2.45, 2.75) is 45.7 Å². The first-order valence-electron chi connectivity index (χ1n) is 6.63. The number of ether oxygens (including phenoxy) is 1. The van der Waals surface area contributed by atoms with Gasteiger partial charge in [-0.1, -0.05) is 20.8 Å². The molecule has 1 heterocycles.